The Kier molecular flexibility index (Phi) is 5.89. The minimum Gasteiger partial charge on any atom is -0.443 e. The highest BCUT2D eigenvalue weighted by Crippen LogP contribution is 2.25. The number of fused-ring (bicyclic) bond motifs is 1. The molecule has 0 aliphatic heterocycles. The lowest BCUT2D eigenvalue weighted by atomic mass is 10.0. The van der Waals surface area contributed by atoms with Gasteiger partial charge in [0.15, 0.2) is 0 Å². The Morgan fingerprint density at radius 3 is 2.91 bits per heavy atom. The Morgan fingerprint density at radius 1 is 1.12 bits per heavy atom. The summed E-state index contributed by atoms with van der Waals surface area (Å²) in [6.07, 6.45) is 8.47. The first-order valence-corrected chi connectivity index (χ1v) is 11.0. The molecule has 0 saturated carbocycles. The van der Waals surface area contributed by atoms with Gasteiger partial charge in [0.2, 0.25) is 5.89 Å². The average molecular weight is 445 g/mol. The lowest BCUT2D eigenvalue weighted by molar-refractivity contribution is 0.541. The van der Waals surface area contributed by atoms with E-state index in [1.807, 2.05) is 16.9 Å². The number of nitrogens with one attached hydrogen (secondary N) is 2. The zero-order valence-corrected chi connectivity index (χ0v) is 18.4. The van der Waals surface area contributed by atoms with Gasteiger partial charge in [-0.25, -0.2) is 9.37 Å². The van der Waals surface area contributed by atoms with Crippen LogP contribution in [-0.2, 0) is 19.5 Å². The number of hydrogen-bond donors (Lipinski definition) is 2. The third-order valence-electron chi connectivity index (χ3n) is 5.74. The van der Waals surface area contributed by atoms with Crippen molar-refractivity contribution in [1.82, 2.24) is 25.0 Å². The van der Waals surface area contributed by atoms with Gasteiger partial charge in [-0.15, -0.1) is 5.10 Å². The van der Waals surface area contributed by atoms with Gasteiger partial charge < -0.3 is 14.7 Å². The largest absolute Gasteiger partial charge is 0.443 e. The van der Waals surface area contributed by atoms with Crippen LogP contribution >= 0.6 is 0 Å². The number of oxazole rings is 1. The summed E-state index contributed by atoms with van der Waals surface area (Å²) in [5, 5.41) is 12.0. The molecule has 0 aliphatic rings. The SMILES string of the molecule is Cc1cc(NCc2coc(-c3cc4cc(F)ccc4[nH]3)n2)ccc1CCCCn1ccnn1. The fourth-order valence-electron chi connectivity index (χ4n) is 3.95. The molecule has 33 heavy (non-hydrogen) atoms. The summed E-state index contributed by atoms with van der Waals surface area (Å²) in [7, 11) is 0. The number of anilines is 1. The summed E-state index contributed by atoms with van der Waals surface area (Å²) in [4.78, 5) is 7.78. The lowest BCUT2D eigenvalue weighted by Gasteiger charge is -2.10. The summed E-state index contributed by atoms with van der Waals surface area (Å²) in [6.45, 7) is 3.59. The molecule has 0 unspecified atom stereocenters. The third-order valence-corrected chi connectivity index (χ3v) is 5.74. The maximum Gasteiger partial charge on any atom is 0.243 e. The van der Waals surface area contributed by atoms with Crippen LogP contribution in [-0.4, -0.2) is 25.0 Å². The smallest absolute Gasteiger partial charge is 0.243 e. The summed E-state index contributed by atoms with van der Waals surface area (Å²) >= 11 is 0. The first kappa shape index (κ1) is 20.9. The molecule has 0 radical (unpaired) electrons. The van der Waals surface area contributed by atoms with Crippen LogP contribution in [0.5, 0.6) is 0 Å². The Balaban J connectivity index is 1.16. The van der Waals surface area contributed by atoms with Crippen molar-refractivity contribution in [2.24, 2.45) is 0 Å². The first-order chi connectivity index (χ1) is 16.1. The summed E-state index contributed by atoms with van der Waals surface area (Å²) in [5.41, 5.74) is 6.04. The first-order valence-electron chi connectivity index (χ1n) is 11.0. The molecule has 168 valence electrons. The molecule has 0 amide bonds. The maximum absolute atomic E-state index is 13.4. The lowest BCUT2D eigenvalue weighted by Crippen LogP contribution is -2.02. The van der Waals surface area contributed by atoms with Crippen molar-refractivity contribution < 1.29 is 8.81 Å². The molecule has 2 N–H and O–H groups in total. The standard InChI is InChI=1S/C25H25FN6O/c1-17-12-21(7-5-18(17)4-2-3-10-32-11-9-28-31-32)27-15-22-16-33-25(29-22)24-14-19-13-20(26)6-8-23(19)30-24/h5-9,11-14,16,27,30H,2-4,10,15H2,1H3. The number of aromatic amines is 1. The van der Waals surface area contributed by atoms with Gasteiger partial charge in [0.05, 0.1) is 18.4 Å². The molecule has 0 fully saturated rings. The van der Waals surface area contributed by atoms with Gasteiger partial charge in [-0.3, -0.25) is 4.68 Å². The van der Waals surface area contributed by atoms with Crippen LogP contribution in [0.2, 0.25) is 0 Å². The number of hydrogen-bond acceptors (Lipinski definition) is 5. The van der Waals surface area contributed by atoms with Gasteiger partial charge in [0, 0.05) is 29.3 Å². The summed E-state index contributed by atoms with van der Waals surface area (Å²) < 4.78 is 20.9. The monoisotopic (exact) mass is 444 g/mol. The van der Waals surface area contributed by atoms with E-state index in [4.69, 9.17) is 4.42 Å². The fourth-order valence-corrected chi connectivity index (χ4v) is 3.95. The number of nitrogens with zero attached hydrogens (tertiary/aromatic N) is 4. The van der Waals surface area contributed by atoms with E-state index in [1.54, 1.807) is 18.5 Å². The number of aryl methyl sites for hydroxylation is 3. The molecule has 0 aliphatic carbocycles. The molecule has 5 aromatic rings. The van der Waals surface area contributed by atoms with E-state index in [0.717, 1.165) is 53.8 Å². The van der Waals surface area contributed by atoms with Crippen LogP contribution in [0.4, 0.5) is 10.1 Å². The molecule has 3 heterocycles. The summed E-state index contributed by atoms with van der Waals surface area (Å²) in [6, 6.07) is 12.9. The zero-order chi connectivity index (χ0) is 22.6. The van der Waals surface area contributed by atoms with Gasteiger partial charge >= 0.3 is 0 Å². The maximum atomic E-state index is 13.4. The number of aromatic nitrogens is 5. The molecule has 5 rings (SSSR count). The van der Waals surface area contributed by atoms with Crippen molar-refractivity contribution in [2.75, 3.05) is 5.32 Å². The Labute approximate surface area is 190 Å². The van der Waals surface area contributed by atoms with Crippen LogP contribution in [0.25, 0.3) is 22.5 Å². The number of unbranched alkanes of at least 4 members (excludes halogenated alkanes) is 1. The normalized spacial score (nSPS) is 11.3. The molecule has 8 heteroatoms. The highest BCUT2D eigenvalue weighted by molar-refractivity contribution is 5.84. The topological polar surface area (TPSA) is 84.6 Å². The minimum absolute atomic E-state index is 0.265. The second-order valence-corrected chi connectivity index (χ2v) is 8.18. The van der Waals surface area contributed by atoms with Gasteiger partial charge in [-0.2, -0.15) is 0 Å². The van der Waals surface area contributed by atoms with Crippen LogP contribution in [0.1, 0.15) is 29.7 Å². The van der Waals surface area contributed by atoms with Gasteiger partial charge in [-0.1, -0.05) is 11.3 Å². The predicted octanol–water partition coefficient (Wildman–Crippen LogP) is 5.50. The number of halogens is 1. The third kappa shape index (κ3) is 4.95. The molecule has 0 spiro atoms. The van der Waals surface area contributed by atoms with E-state index in [0.29, 0.717) is 12.4 Å². The average Bonchev–Trinajstić information content (AvgIpc) is 3.56. The molecule has 0 saturated heterocycles. The van der Waals surface area contributed by atoms with Crippen LogP contribution in [0.3, 0.4) is 0 Å². The highest BCUT2D eigenvalue weighted by atomic mass is 19.1. The Hall–Kier alpha value is -3.94. The van der Waals surface area contributed by atoms with Crippen molar-refractivity contribution in [3.63, 3.8) is 0 Å². The van der Waals surface area contributed by atoms with E-state index in [9.17, 15) is 4.39 Å². The second-order valence-electron chi connectivity index (χ2n) is 8.18. The summed E-state index contributed by atoms with van der Waals surface area (Å²) in [5.74, 6) is 0.222. The van der Waals surface area contributed by atoms with Crippen molar-refractivity contribution in [1.29, 1.82) is 0 Å². The number of rotatable bonds is 9. The Bertz CT molecular complexity index is 1350. The van der Waals surface area contributed by atoms with Crippen molar-refractivity contribution >= 4 is 16.6 Å². The minimum atomic E-state index is -0.265. The number of H-pyrrole nitrogens is 1. The van der Waals surface area contributed by atoms with Crippen LogP contribution < -0.4 is 5.32 Å². The predicted molar refractivity (Wildman–Crippen MR) is 125 cm³/mol. The van der Waals surface area contributed by atoms with Crippen molar-refractivity contribution in [3.8, 4) is 11.6 Å². The molecule has 0 atom stereocenters. The molecule has 2 aromatic carbocycles. The van der Waals surface area contributed by atoms with E-state index in [1.165, 1.54) is 23.3 Å². The molecule has 0 bridgehead atoms. The molecular weight excluding hydrogens is 419 g/mol. The highest BCUT2D eigenvalue weighted by Gasteiger charge is 2.11. The zero-order valence-electron chi connectivity index (χ0n) is 18.4. The quantitative estimate of drug-likeness (QED) is 0.293. The Morgan fingerprint density at radius 2 is 2.06 bits per heavy atom. The van der Waals surface area contributed by atoms with E-state index in [-0.39, 0.29) is 5.82 Å². The van der Waals surface area contributed by atoms with E-state index < -0.39 is 0 Å². The van der Waals surface area contributed by atoms with Crippen molar-refractivity contribution in [3.05, 3.63) is 83.8 Å². The van der Waals surface area contributed by atoms with Gasteiger partial charge in [0.25, 0.3) is 0 Å². The molecule has 3 aromatic heterocycles. The van der Waals surface area contributed by atoms with Crippen molar-refractivity contribution in [2.45, 2.75) is 39.3 Å². The fraction of sp³-hybridized carbons (Fsp3) is 0.240. The molecular formula is C25H25FN6O. The van der Waals surface area contributed by atoms with Crippen LogP contribution in [0, 0.1) is 12.7 Å². The second kappa shape index (κ2) is 9.28. The van der Waals surface area contributed by atoms with Gasteiger partial charge in [0.1, 0.15) is 17.8 Å². The molecule has 7 nitrogen and oxygen atoms in total. The van der Waals surface area contributed by atoms with Gasteiger partial charge in [-0.05, 0) is 73.7 Å². The van der Waals surface area contributed by atoms with Crippen LogP contribution in [0.15, 0.2) is 65.5 Å². The van der Waals surface area contributed by atoms with E-state index in [2.05, 4.69) is 50.7 Å². The van der Waals surface area contributed by atoms with E-state index >= 15 is 0 Å². The number of benzene rings is 2.